The van der Waals surface area contributed by atoms with Crippen LogP contribution in [0, 0.1) is 0 Å². The minimum Gasteiger partial charge on any atom is -0.298 e. The lowest BCUT2D eigenvalue weighted by Gasteiger charge is -2.20. The Morgan fingerprint density at radius 3 is 2.44 bits per heavy atom. The molecule has 0 unspecified atom stereocenters. The maximum Gasteiger partial charge on any atom is 0.418 e. The van der Waals surface area contributed by atoms with Crippen LogP contribution in [0.4, 0.5) is 24.5 Å². The fourth-order valence-corrected chi connectivity index (χ4v) is 5.07. The predicted octanol–water partition coefficient (Wildman–Crippen LogP) is 4.21. The highest BCUT2D eigenvalue weighted by molar-refractivity contribution is 7.92. The van der Waals surface area contributed by atoms with Crippen LogP contribution in [0.25, 0.3) is 0 Å². The van der Waals surface area contributed by atoms with Gasteiger partial charge < -0.3 is 0 Å². The fraction of sp³-hybridized carbons (Fsp3) is 0.136. The first kappa shape index (κ1) is 21.7. The summed E-state index contributed by atoms with van der Waals surface area (Å²) >= 11 is 0. The molecule has 6 nitrogen and oxygen atoms in total. The SMILES string of the molecule is O=C(NNc1ccccc1C(F)(F)F)c1cccc(S(=O)(=O)N2CCc3ccccc32)c1. The summed E-state index contributed by atoms with van der Waals surface area (Å²) in [6.07, 6.45) is -4.02. The van der Waals surface area contributed by atoms with Crippen LogP contribution in [0.15, 0.2) is 77.7 Å². The van der Waals surface area contributed by atoms with E-state index in [4.69, 9.17) is 0 Å². The van der Waals surface area contributed by atoms with Crippen molar-refractivity contribution in [3.63, 3.8) is 0 Å². The van der Waals surface area contributed by atoms with Crippen LogP contribution >= 0.6 is 0 Å². The van der Waals surface area contributed by atoms with Crippen LogP contribution < -0.4 is 15.2 Å². The van der Waals surface area contributed by atoms with Gasteiger partial charge in [0, 0.05) is 12.1 Å². The van der Waals surface area contributed by atoms with E-state index >= 15 is 0 Å². The Hall–Kier alpha value is -3.53. The van der Waals surface area contributed by atoms with Gasteiger partial charge in [-0.05, 0) is 48.4 Å². The molecule has 0 fully saturated rings. The summed E-state index contributed by atoms with van der Waals surface area (Å²) in [6.45, 7) is 0.286. The third-order valence-electron chi connectivity index (χ3n) is 5.07. The van der Waals surface area contributed by atoms with Crippen LogP contribution in [0.1, 0.15) is 21.5 Å². The van der Waals surface area contributed by atoms with Crippen molar-refractivity contribution in [3.05, 3.63) is 89.5 Å². The Bertz CT molecular complexity index is 1280. The number of alkyl halides is 3. The molecule has 1 heterocycles. The van der Waals surface area contributed by atoms with Crippen LogP contribution in [0.3, 0.4) is 0 Å². The quantitative estimate of drug-likeness (QED) is 0.558. The number of nitrogens with zero attached hydrogens (tertiary/aromatic N) is 1. The normalized spacial score (nSPS) is 13.5. The lowest BCUT2D eigenvalue weighted by molar-refractivity contribution is -0.137. The number of carbonyl (C=O) groups excluding carboxylic acids is 1. The average Bonchev–Trinajstić information content (AvgIpc) is 3.22. The fourth-order valence-electron chi connectivity index (χ4n) is 3.52. The van der Waals surface area contributed by atoms with E-state index in [1.54, 1.807) is 12.1 Å². The molecule has 3 aromatic carbocycles. The Kier molecular flexibility index (Phi) is 5.55. The van der Waals surface area contributed by atoms with E-state index in [1.807, 2.05) is 12.1 Å². The highest BCUT2D eigenvalue weighted by Gasteiger charge is 2.33. The van der Waals surface area contributed by atoms with Crippen LogP contribution in [-0.2, 0) is 22.6 Å². The number of rotatable bonds is 5. The van der Waals surface area contributed by atoms with Gasteiger partial charge in [0.05, 0.1) is 21.8 Å². The number of hydrogen-bond acceptors (Lipinski definition) is 4. The molecule has 32 heavy (non-hydrogen) atoms. The summed E-state index contributed by atoms with van der Waals surface area (Å²) in [5.74, 6) is -0.777. The number of sulfonamides is 1. The van der Waals surface area contributed by atoms with Gasteiger partial charge in [-0.3, -0.25) is 20.0 Å². The van der Waals surface area contributed by atoms with Crippen LogP contribution in [-0.4, -0.2) is 20.9 Å². The van der Waals surface area contributed by atoms with Gasteiger partial charge in [0.2, 0.25) is 0 Å². The lowest BCUT2D eigenvalue weighted by atomic mass is 10.2. The van der Waals surface area contributed by atoms with E-state index in [0.29, 0.717) is 12.1 Å². The van der Waals surface area contributed by atoms with E-state index < -0.39 is 27.7 Å². The van der Waals surface area contributed by atoms with E-state index in [9.17, 15) is 26.4 Å². The molecule has 0 aromatic heterocycles. The Balaban J connectivity index is 1.55. The summed E-state index contributed by atoms with van der Waals surface area (Å²) in [4.78, 5) is 12.4. The van der Waals surface area contributed by atoms with Crippen molar-refractivity contribution >= 4 is 27.3 Å². The maximum absolute atomic E-state index is 13.2. The number of benzene rings is 3. The Morgan fingerprint density at radius 2 is 1.66 bits per heavy atom. The standard InChI is InChI=1S/C22H18F3N3O3S/c23-22(24,25)18-9-2-3-10-19(18)26-27-21(29)16-7-5-8-17(14-16)32(30,31)28-13-12-15-6-1-4-11-20(15)28/h1-11,14,26H,12-13H2,(H,27,29). The van der Waals surface area contributed by atoms with Crippen molar-refractivity contribution in [2.75, 3.05) is 16.3 Å². The Morgan fingerprint density at radius 1 is 0.938 bits per heavy atom. The smallest absolute Gasteiger partial charge is 0.298 e. The largest absolute Gasteiger partial charge is 0.418 e. The molecule has 1 aliphatic heterocycles. The highest BCUT2D eigenvalue weighted by Crippen LogP contribution is 2.34. The molecule has 0 atom stereocenters. The van der Waals surface area contributed by atoms with Gasteiger partial charge >= 0.3 is 6.18 Å². The molecule has 0 bridgehead atoms. The monoisotopic (exact) mass is 461 g/mol. The lowest BCUT2D eigenvalue weighted by Crippen LogP contribution is -2.31. The number of amides is 1. The maximum atomic E-state index is 13.2. The number of nitrogens with one attached hydrogen (secondary N) is 2. The molecular weight excluding hydrogens is 443 g/mol. The number of hydrazine groups is 1. The molecule has 1 amide bonds. The van der Waals surface area contributed by atoms with Crippen molar-refractivity contribution in [1.82, 2.24) is 5.43 Å². The van der Waals surface area contributed by atoms with Crippen molar-refractivity contribution in [2.45, 2.75) is 17.5 Å². The number of hydrogen-bond donors (Lipinski definition) is 2. The van der Waals surface area contributed by atoms with Crippen molar-refractivity contribution in [3.8, 4) is 0 Å². The van der Waals surface area contributed by atoms with E-state index in [-0.39, 0.29) is 22.7 Å². The zero-order chi connectivity index (χ0) is 22.9. The second-order valence-electron chi connectivity index (χ2n) is 7.11. The second-order valence-corrected chi connectivity index (χ2v) is 8.97. The highest BCUT2D eigenvalue weighted by atomic mass is 32.2. The molecule has 4 rings (SSSR count). The molecule has 0 radical (unpaired) electrons. The van der Waals surface area contributed by atoms with Gasteiger partial charge in [-0.15, -0.1) is 0 Å². The van der Waals surface area contributed by atoms with Gasteiger partial charge in [0.25, 0.3) is 15.9 Å². The minimum atomic E-state index is -4.60. The molecule has 0 aliphatic carbocycles. The van der Waals surface area contributed by atoms with Crippen molar-refractivity contribution < 1.29 is 26.4 Å². The van der Waals surface area contributed by atoms with Gasteiger partial charge in [-0.2, -0.15) is 13.2 Å². The van der Waals surface area contributed by atoms with E-state index in [2.05, 4.69) is 10.9 Å². The summed E-state index contributed by atoms with van der Waals surface area (Å²) in [7, 11) is -3.92. The Labute approximate surface area is 182 Å². The molecule has 1 aliphatic rings. The van der Waals surface area contributed by atoms with Crippen LogP contribution in [0.2, 0.25) is 0 Å². The number of anilines is 2. The molecule has 2 N–H and O–H groups in total. The number of halogens is 3. The van der Waals surface area contributed by atoms with Crippen molar-refractivity contribution in [2.24, 2.45) is 0 Å². The third kappa shape index (κ3) is 4.13. The van der Waals surface area contributed by atoms with Gasteiger partial charge in [-0.1, -0.05) is 36.4 Å². The van der Waals surface area contributed by atoms with Crippen LogP contribution in [0.5, 0.6) is 0 Å². The van der Waals surface area contributed by atoms with Gasteiger partial charge in [-0.25, -0.2) is 8.42 Å². The number of para-hydroxylation sites is 2. The zero-order valence-electron chi connectivity index (χ0n) is 16.6. The molecular formula is C22H18F3N3O3S. The first-order chi connectivity index (χ1) is 15.2. The topological polar surface area (TPSA) is 78.5 Å². The van der Waals surface area contributed by atoms with E-state index in [0.717, 1.165) is 11.6 Å². The minimum absolute atomic E-state index is 0.0180. The molecule has 0 spiro atoms. The molecule has 10 heteroatoms. The van der Waals surface area contributed by atoms with E-state index in [1.165, 1.54) is 46.8 Å². The molecule has 3 aromatic rings. The molecule has 0 saturated carbocycles. The first-order valence-electron chi connectivity index (χ1n) is 9.61. The summed E-state index contributed by atoms with van der Waals surface area (Å²) in [5.41, 5.74) is 4.68. The first-order valence-corrected chi connectivity index (χ1v) is 11.1. The van der Waals surface area contributed by atoms with Crippen molar-refractivity contribution in [1.29, 1.82) is 0 Å². The number of carbonyl (C=O) groups is 1. The van der Waals surface area contributed by atoms with Gasteiger partial charge in [0.1, 0.15) is 0 Å². The van der Waals surface area contributed by atoms with Gasteiger partial charge in [0.15, 0.2) is 0 Å². The number of fused-ring (bicyclic) bond motifs is 1. The molecule has 166 valence electrons. The average molecular weight is 461 g/mol. The second kappa shape index (κ2) is 8.19. The summed E-state index contributed by atoms with van der Waals surface area (Å²) < 4.78 is 66.9. The summed E-state index contributed by atoms with van der Waals surface area (Å²) in [5, 5.41) is 0. The predicted molar refractivity (Wildman–Crippen MR) is 114 cm³/mol. The molecule has 0 saturated heterocycles. The zero-order valence-corrected chi connectivity index (χ0v) is 17.4. The third-order valence-corrected chi connectivity index (χ3v) is 6.88. The summed E-state index contributed by atoms with van der Waals surface area (Å²) in [6, 6.07) is 17.2.